The second-order valence-corrected chi connectivity index (χ2v) is 6.03. The molecule has 0 unspecified atom stereocenters. The minimum atomic E-state index is -4.38. The number of nitrogens with one attached hydrogen (secondary N) is 1. The van der Waals surface area contributed by atoms with Gasteiger partial charge in [-0.05, 0) is 31.0 Å². The molecule has 6 heteroatoms. The maximum atomic E-state index is 12.9. The van der Waals surface area contributed by atoms with Crippen molar-refractivity contribution in [3.05, 3.63) is 23.8 Å². The number of rotatable bonds is 0. The summed E-state index contributed by atoms with van der Waals surface area (Å²) in [6.07, 6.45) is -0.805. The van der Waals surface area contributed by atoms with Gasteiger partial charge in [0.15, 0.2) is 0 Å². The van der Waals surface area contributed by atoms with Gasteiger partial charge in [-0.15, -0.1) is 0 Å². The molecule has 1 heterocycles. The van der Waals surface area contributed by atoms with Crippen molar-refractivity contribution in [2.24, 2.45) is 5.41 Å². The Hall–Kier alpha value is -1.72. The van der Waals surface area contributed by atoms with Crippen molar-refractivity contribution >= 4 is 17.3 Å². The van der Waals surface area contributed by atoms with Crippen LogP contribution in [-0.2, 0) is 11.0 Å². The van der Waals surface area contributed by atoms with E-state index in [0.717, 1.165) is 37.8 Å². The fourth-order valence-corrected chi connectivity index (χ4v) is 3.43. The number of nitrogens with zero attached hydrogens (tertiary/aromatic N) is 1. The number of hydrogen-bond donors (Lipinski definition) is 1. The monoisotopic (exact) mass is 298 g/mol. The van der Waals surface area contributed by atoms with Gasteiger partial charge in [-0.2, -0.15) is 13.2 Å². The van der Waals surface area contributed by atoms with E-state index >= 15 is 0 Å². The number of fused-ring (bicyclic) bond motifs is 1. The van der Waals surface area contributed by atoms with Gasteiger partial charge in [0.25, 0.3) is 0 Å². The lowest BCUT2D eigenvalue weighted by molar-refractivity contribution is -0.137. The predicted octanol–water partition coefficient (Wildman–Crippen LogP) is 3.65. The number of hydrogen-bond acceptors (Lipinski definition) is 2. The zero-order chi connectivity index (χ0) is 15.3. The lowest BCUT2D eigenvalue weighted by Crippen LogP contribution is -2.40. The first kappa shape index (κ1) is 14.2. The molecule has 1 aliphatic carbocycles. The molecular weight excluding hydrogens is 281 g/mol. The van der Waals surface area contributed by atoms with Crippen molar-refractivity contribution < 1.29 is 18.0 Å². The quantitative estimate of drug-likeness (QED) is 0.793. The van der Waals surface area contributed by atoms with Crippen LogP contribution in [-0.4, -0.2) is 19.5 Å². The molecule has 3 nitrogen and oxygen atoms in total. The molecule has 1 saturated carbocycles. The lowest BCUT2D eigenvalue weighted by atomic mass is 9.85. The van der Waals surface area contributed by atoms with Gasteiger partial charge < -0.3 is 10.2 Å². The second-order valence-electron chi connectivity index (χ2n) is 6.03. The maximum Gasteiger partial charge on any atom is 0.416 e. The molecule has 1 aromatic carbocycles. The summed E-state index contributed by atoms with van der Waals surface area (Å²) in [7, 11) is 1.75. The highest BCUT2D eigenvalue weighted by atomic mass is 19.4. The summed E-state index contributed by atoms with van der Waals surface area (Å²) >= 11 is 0. The Kier molecular flexibility index (Phi) is 3.15. The fourth-order valence-electron chi connectivity index (χ4n) is 3.43. The predicted molar refractivity (Wildman–Crippen MR) is 74.2 cm³/mol. The highest BCUT2D eigenvalue weighted by Crippen LogP contribution is 2.44. The highest BCUT2D eigenvalue weighted by Gasteiger charge is 2.44. The summed E-state index contributed by atoms with van der Waals surface area (Å²) in [4.78, 5) is 14.2. The molecule has 1 amide bonds. The molecule has 0 radical (unpaired) electrons. The van der Waals surface area contributed by atoms with Crippen molar-refractivity contribution in [1.29, 1.82) is 0 Å². The summed E-state index contributed by atoms with van der Waals surface area (Å²) < 4.78 is 38.6. The normalized spacial score (nSPS) is 21.1. The Labute approximate surface area is 121 Å². The van der Waals surface area contributed by atoms with E-state index in [2.05, 4.69) is 5.32 Å². The minimum absolute atomic E-state index is 0.0645. The molecule has 114 valence electrons. The van der Waals surface area contributed by atoms with Crippen molar-refractivity contribution in [2.45, 2.75) is 31.9 Å². The molecular formula is C15H17F3N2O. The molecule has 1 aromatic rings. The lowest BCUT2D eigenvalue weighted by Gasteiger charge is -2.29. The minimum Gasteiger partial charge on any atom is -0.372 e. The summed E-state index contributed by atoms with van der Waals surface area (Å²) in [5.74, 6) is -0.0645. The van der Waals surface area contributed by atoms with Gasteiger partial charge in [-0.3, -0.25) is 4.79 Å². The zero-order valence-corrected chi connectivity index (χ0v) is 11.8. The Bertz CT molecular complexity index is 577. The summed E-state index contributed by atoms with van der Waals surface area (Å²) in [5, 5.41) is 2.82. The molecule has 0 bridgehead atoms. The molecule has 21 heavy (non-hydrogen) atoms. The third kappa shape index (κ3) is 2.36. The van der Waals surface area contributed by atoms with E-state index in [9.17, 15) is 18.0 Å². The van der Waals surface area contributed by atoms with Crippen LogP contribution in [0.15, 0.2) is 18.2 Å². The van der Waals surface area contributed by atoms with Crippen molar-refractivity contribution in [1.82, 2.24) is 0 Å². The van der Waals surface area contributed by atoms with Crippen LogP contribution in [0.5, 0.6) is 0 Å². The molecule has 1 aliphatic heterocycles. The average Bonchev–Trinajstić information content (AvgIpc) is 2.83. The fraction of sp³-hybridized carbons (Fsp3) is 0.533. The molecule has 1 N–H and O–H groups in total. The first-order valence-electron chi connectivity index (χ1n) is 7.06. The largest absolute Gasteiger partial charge is 0.416 e. The smallest absolute Gasteiger partial charge is 0.372 e. The molecule has 1 spiro atoms. The van der Waals surface area contributed by atoms with Gasteiger partial charge in [0.2, 0.25) is 5.91 Å². The van der Waals surface area contributed by atoms with Crippen LogP contribution >= 0.6 is 0 Å². The third-order valence-corrected chi connectivity index (χ3v) is 4.57. The number of benzene rings is 1. The van der Waals surface area contributed by atoms with Crippen molar-refractivity contribution in [2.75, 3.05) is 23.8 Å². The number of halogens is 3. The Morgan fingerprint density at radius 2 is 1.90 bits per heavy atom. The molecule has 0 atom stereocenters. The third-order valence-electron chi connectivity index (χ3n) is 4.57. The first-order valence-corrected chi connectivity index (χ1v) is 7.06. The van der Waals surface area contributed by atoms with E-state index in [1.807, 2.05) is 0 Å². The Morgan fingerprint density at radius 3 is 2.52 bits per heavy atom. The number of anilines is 2. The van der Waals surface area contributed by atoms with Crippen molar-refractivity contribution in [3.63, 3.8) is 0 Å². The number of amides is 1. The van der Waals surface area contributed by atoms with E-state index in [0.29, 0.717) is 17.9 Å². The van der Waals surface area contributed by atoms with Gasteiger partial charge in [0.1, 0.15) is 0 Å². The highest BCUT2D eigenvalue weighted by molar-refractivity contribution is 6.00. The van der Waals surface area contributed by atoms with Crippen LogP contribution in [0.4, 0.5) is 24.5 Å². The SMILES string of the molecule is CN1CC2(CCCC2)C(=O)Nc2ccc(C(F)(F)F)cc21. The van der Waals surface area contributed by atoms with Gasteiger partial charge in [0, 0.05) is 13.6 Å². The molecule has 1 fully saturated rings. The Morgan fingerprint density at radius 1 is 1.24 bits per heavy atom. The molecule has 3 rings (SSSR count). The molecule has 0 saturated heterocycles. The van der Waals surface area contributed by atoms with E-state index in [1.54, 1.807) is 11.9 Å². The number of alkyl halides is 3. The first-order chi connectivity index (χ1) is 9.82. The van der Waals surface area contributed by atoms with Gasteiger partial charge in [-0.25, -0.2) is 0 Å². The van der Waals surface area contributed by atoms with Crippen LogP contribution in [0.3, 0.4) is 0 Å². The summed E-state index contributed by atoms with van der Waals surface area (Å²) in [5.41, 5.74) is -0.266. The van der Waals surface area contributed by atoms with Gasteiger partial charge >= 0.3 is 6.18 Å². The standard InChI is InChI=1S/C15H17F3N2O/c1-20-9-14(6-2-3-7-14)13(21)19-11-5-4-10(8-12(11)20)15(16,17)18/h4-5,8H,2-3,6-7,9H2,1H3,(H,19,21). The second kappa shape index (κ2) is 4.64. The van der Waals surface area contributed by atoms with Crippen LogP contribution in [0, 0.1) is 5.41 Å². The van der Waals surface area contributed by atoms with Gasteiger partial charge in [0.05, 0.1) is 22.4 Å². The zero-order valence-electron chi connectivity index (χ0n) is 11.8. The van der Waals surface area contributed by atoms with Crippen LogP contribution in [0.2, 0.25) is 0 Å². The average molecular weight is 298 g/mol. The van der Waals surface area contributed by atoms with E-state index in [4.69, 9.17) is 0 Å². The van der Waals surface area contributed by atoms with Crippen LogP contribution in [0.1, 0.15) is 31.2 Å². The van der Waals surface area contributed by atoms with E-state index in [-0.39, 0.29) is 5.91 Å². The van der Waals surface area contributed by atoms with Crippen LogP contribution in [0.25, 0.3) is 0 Å². The van der Waals surface area contributed by atoms with Crippen LogP contribution < -0.4 is 10.2 Å². The maximum absolute atomic E-state index is 12.9. The Balaban J connectivity index is 2.01. The summed E-state index contributed by atoms with van der Waals surface area (Å²) in [6.45, 7) is 0.465. The van der Waals surface area contributed by atoms with E-state index < -0.39 is 17.2 Å². The summed E-state index contributed by atoms with van der Waals surface area (Å²) in [6, 6.07) is 3.48. The topological polar surface area (TPSA) is 32.3 Å². The van der Waals surface area contributed by atoms with E-state index in [1.165, 1.54) is 6.07 Å². The van der Waals surface area contributed by atoms with Crippen molar-refractivity contribution in [3.8, 4) is 0 Å². The molecule has 2 aliphatic rings. The van der Waals surface area contributed by atoms with Gasteiger partial charge in [-0.1, -0.05) is 12.8 Å². The molecule has 0 aromatic heterocycles. The number of carbonyl (C=O) groups is 1. The number of carbonyl (C=O) groups excluding carboxylic acids is 1.